The first-order valence-electron chi connectivity index (χ1n) is 8.97. The normalized spacial score (nSPS) is 10.5. The Labute approximate surface area is 170 Å². The van der Waals surface area contributed by atoms with E-state index in [0.717, 1.165) is 18.7 Å². The van der Waals surface area contributed by atoms with Crippen molar-refractivity contribution in [1.82, 2.24) is 15.6 Å². The van der Waals surface area contributed by atoms with E-state index in [1.54, 1.807) is 31.3 Å². The molecule has 10 heteroatoms. The molecule has 0 unspecified atom stereocenters. The van der Waals surface area contributed by atoms with Crippen LogP contribution in [0.4, 0.5) is 25.8 Å². The van der Waals surface area contributed by atoms with Gasteiger partial charge in [-0.3, -0.25) is 9.59 Å². The van der Waals surface area contributed by atoms with Crippen molar-refractivity contribution in [3.63, 3.8) is 0 Å². The van der Waals surface area contributed by atoms with Gasteiger partial charge in [0, 0.05) is 24.3 Å². The minimum atomic E-state index is -0.985. The van der Waals surface area contributed by atoms with Crippen LogP contribution in [0.2, 0.25) is 0 Å². The van der Waals surface area contributed by atoms with E-state index in [9.17, 15) is 18.4 Å². The Balaban J connectivity index is 1.72. The zero-order valence-electron chi connectivity index (χ0n) is 16.0. The van der Waals surface area contributed by atoms with Crippen LogP contribution in [0.5, 0.6) is 0 Å². The summed E-state index contributed by atoms with van der Waals surface area (Å²) < 4.78 is 33.5. The molecule has 3 rings (SSSR count). The Bertz CT molecular complexity index is 1020. The molecule has 156 valence electrons. The summed E-state index contributed by atoms with van der Waals surface area (Å²) in [5.74, 6) is -2.97. The topological polar surface area (TPSA) is 108 Å². The Hall–Kier alpha value is -3.79. The Kier molecular flexibility index (Phi) is 6.71. The first-order chi connectivity index (χ1) is 14.5. The zero-order valence-corrected chi connectivity index (χ0v) is 16.0. The smallest absolute Gasteiger partial charge is 0.277 e. The van der Waals surface area contributed by atoms with Crippen molar-refractivity contribution in [3.05, 3.63) is 71.9 Å². The van der Waals surface area contributed by atoms with Gasteiger partial charge in [0.05, 0.1) is 5.69 Å². The molecule has 0 aliphatic rings. The van der Waals surface area contributed by atoms with Gasteiger partial charge in [0.25, 0.3) is 11.8 Å². The second-order valence-corrected chi connectivity index (χ2v) is 6.17. The van der Waals surface area contributed by atoms with Gasteiger partial charge in [0.2, 0.25) is 0 Å². The fourth-order valence-corrected chi connectivity index (χ4v) is 2.53. The van der Waals surface area contributed by atoms with E-state index >= 15 is 0 Å². The highest BCUT2D eigenvalue weighted by atomic mass is 19.1. The number of carbonyl (C=O) groups excluding carboxylic acids is 2. The van der Waals surface area contributed by atoms with E-state index in [2.05, 4.69) is 30.7 Å². The minimum Gasteiger partial charge on any atom is -0.451 e. The number of carbonyl (C=O) groups is 2. The monoisotopic (exact) mass is 415 g/mol. The Morgan fingerprint density at radius 1 is 1.03 bits per heavy atom. The van der Waals surface area contributed by atoms with Gasteiger partial charge < -0.3 is 25.7 Å². The summed E-state index contributed by atoms with van der Waals surface area (Å²) in [5.41, 5.74) is 0.125. The third kappa shape index (κ3) is 4.97. The SMILES string of the molecule is CNCCNC(=O)c1ccc(Nc2ccc(F)c(NC(=O)c3cocn3)c2F)cc1. The molecule has 0 fully saturated rings. The summed E-state index contributed by atoms with van der Waals surface area (Å²) in [6, 6.07) is 8.55. The van der Waals surface area contributed by atoms with Crippen LogP contribution in [0.25, 0.3) is 0 Å². The van der Waals surface area contributed by atoms with E-state index in [1.165, 1.54) is 6.07 Å². The average Bonchev–Trinajstić information content (AvgIpc) is 3.29. The van der Waals surface area contributed by atoms with Crippen molar-refractivity contribution < 1.29 is 22.8 Å². The highest BCUT2D eigenvalue weighted by Gasteiger charge is 2.18. The number of rotatable bonds is 8. The second kappa shape index (κ2) is 9.61. The van der Waals surface area contributed by atoms with Crippen molar-refractivity contribution in [2.75, 3.05) is 30.8 Å². The fourth-order valence-electron chi connectivity index (χ4n) is 2.53. The summed E-state index contributed by atoms with van der Waals surface area (Å²) in [5, 5.41) is 10.6. The molecule has 0 saturated carbocycles. The standard InChI is InChI=1S/C20H19F2N5O3/c1-23-8-9-24-19(28)12-2-4-13(5-3-12)26-15-7-6-14(21)18(17(15)22)27-20(29)16-10-30-11-25-16/h2-7,10-11,23,26H,8-9H2,1H3,(H,24,28)(H,27,29). The van der Waals surface area contributed by atoms with Gasteiger partial charge in [-0.15, -0.1) is 0 Å². The molecule has 8 nitrogen and oxygen atoms in total. The third-order valence-corrected chi connectivity index (χ3v) is 4.08. The van der Waals surface area contributed by atoms with Crippen LogP contribution in [-0.2, 0) is 0 Å². The molecular formula is C20H19F2N5O3. The van der Waals surface area contributed by atoms with E-state index in [4.69, 9.17) is 0 Å². The van der Waals surface area contributed by atoms with E-state index in [1.807, 2.05) is 0 Å². The summed E-state index contributed by atoms with van der Waals surface area (Å²) >= 11 is 0. The number of benzene rings is 2. The molecule has 4 N–H and O–H groups in total. The molecule has 0 atom stereocenters. The van der Waals surface area contributed by atoms with Gasteiger partial charge in [-0.05, 0) is 43.4 Å². The summed E-state index contributed by atoms with van der Waals surface area (Å²) in [4.78, 5) is 27.7. The average molecular weight is 415 g/mol. The third-order valence-electron chi connectivity index (χ3n) is 4.08. The van der Waals surface area contributed by atoms with E-state index < -0.39 is 23.2 Å². The number of amides is 2. The maximum atomic E-state index is 14.8. The van der Waals surface area contributed by atoms with Gasteiger partial charge in [-0.1, -0.05) is 0 Å². The van der Waals surface area contributed by atoms with Gasteiger partial charge in [-0.25, -0.2) is 13.8 Å². The number of halogens is 2. The van der Waals surface area contributed by atoms with Crippen LogP contribution in [0.3, 0.4) is 0 Å². The number of oxazole rings is 1. The summed E-state index contributed by atoms with van der Waals surface area (Å²) in [7, 11) is 1.78. The van der Waals surface area contributed by atoms with Crippen molar-refractivity contribution in [1.29, 1.82) is 0 Å². The highest BCUT2D eigenvalue weighted by Crippen LogP contribution is 2.28. The molecule has 2 aromatic carbocycles. The number of aromatic nitrogens is 1. The molecular weight excluding hydrogens is 396 g/mol. The number of hydrogen-bond donors (Lipinski definition) is 4. The van der Waals surface area contributed by atoms with Crippen molar-refractivity contribution >= 4 is 28.9 Å². The molecule has 0 aliphatic heterocycles. The molecule has 0 radical (unpaired) electrons. The van der Waals surface area contributed by atoms with Crippen LogP contribution < -0.4 is 21.3 Å². The minimum absolute atomic E-state index is 0.0573. The van der Waals surface area contributed by atoms with Gasteiger partial charge >= 0.3 is 0 Å². The highest BCUT2D eigenvalue weighted by molar-refractivity contribution is 6.03. The lowest BCUT2D eigenvalue weighted by Gasteiger charge is -2.13. The Morgan fingerprint density at radius 3 is 2.47 bits per heavy atom. The molecule has 2 amide bonds. The molecule has 1 heterocycles. The summed E-state index contributed by atoms with van der Waals surface area (Å²) in [6.07, 6.45) is 2.09. The molecule has 0 bridgehead atoms. The van der Waals surface area contributed by atoms with Crippen molar-refractivity contribution in [2.24, 2.45) is 0 Å². The number of nitrogens with one attached hydrogen (secondary N) is 4. The Morgan fingerprint density at radius 2 is 1.80 bits per heavy atom. The van der Waals surface area contributed by atoms with Gasteiger partial charge in [0.15, 0.2) is 17.9 Å². The van der Waals surface area contributed by atoms with E-state index in [-0.39, 0.29) is 17.3 Å². The second-order valence-electron chi connectivity index (χ2n) is 6.17. The molecule has 0 spiro atoms. The lowest BCUT2D eigenvalue weighted by molar-refractivity contribution is 0.0953. The number of hydrogen-bond acceptors (Lipinski definition) is 6. The number of likely N-dealkylation sites (N-methyl/N-ethyl adjacent to an activating group) is 1. The van der Waals surface area contributed by atoms with Crippen LogP contribution in [0, 0.1) is 11.6 Å². The summed E-state index contributed by atoms with van der Waals surface area (Å²) in [6.45, 7) is 1.13. The quantitative estimate of drug-likeness (QED) is 0.422. The molecule has 3 aromatic rings. The first kappa shape index (κ1) is 20.9. The van der Waals surface area contributed by atoms with Crippen LogP contribution >= 0.6 is 0 Å². The first-order valence-corrected chi connectivity index (χ1v) is 8.97. The van der Waals surface area contributed by atoms with Gasteiger partial charge in [-0.2, -0.15) is 0 Å². The van der Waals surface area contributed by atoms with Gasteiger partial charge in [0.1, 0.15) is 17.8 Å². The maximum absolute atomic E-state index is 14.8. The van der Waals surface area contributed by atoms with Crippen LogP contribution in [0.1, 0.15) is 20.8 Å². The molecule has 30 heavy (non-hydrogen) atoms. The predicted octanol–water partition coefficient (Wildman–Crippen LogP) is 2.90. The largest absolute Gasteiger partial charge is 0.451 e. The molecule has 1 aromatic heterocycles. The lowest BCUT2D eigenvalue weighted by atomic mass is 10.1. The lowest BCUT2D eigenvalue weighted by Crippen LogP contribution is -2.30. The molecule has 0 saturated heterocycles. The van der Waals surface area contributed by atoms with Crippen LogP contribution in [0.15, 0.2) is 53.5 Å². The fraction of sp³-hybridized carbons (Fsp3) is 0.150. The molecule has 0 aliphatic carbocycles. The van der Waals surface area contributed by atoms with Crippen molar-refractivity contribution in [2.45, 2.75) is 0 Å². The van der Waals surface area contributed by atoms with E-state index in [0.29, 0.717) is 24.3 Å². The van der Waals surface area contributed by atoms with Crippen LogP contribution in [-0.4, -0.2) is 36.9 Å². The zero-order chi connectivity index (χ0) is 21.5. The van der Waals surface area contributed by atoms with Crippen molar-refractivity contribution in [3.8, 4) is 0 Å². The number of anilines is 3. The number of nitrogens with zero attached hydrogens (tertiary/aromatic N) is 1. The predicted molar refractivity (Wildman–Crippen MR) is 107 cm³/mol. The maximum Gasteiger partial charge on any atom is 0.277 e.